The molecule has 2 aromatic heterocycles. The molecule has 2 aromatic rings. The van der Waals surface area contributed by atoms with Crippen molar-refractivity contribution < 1.29 is 9.90 Å². The Balaban J connectivity index is 2.12. The number of aromatic nitrogens is 2. The van der Waals surface area contributed by atoms with Crippen molar-refractivity contribution in [3.63, 3.8) is 0 Å². The smallest absolute Gasteiger partial charge is 0.355 e. The molecule has 0 unspecified atom stereocenters. The van der Waals surface area contributed by atoms with Gasteiger partial charge in [0, 0.05) is 11.6 Å². The molecule has 7 heteroatoms. The molecule has 0 aliphatic carbocycles. The number of hydrogen-bond donors (Lipinski definition) is 2. The van der Waals surface area contributed by atoms with Gasteiger partial charge in [0.05, 0.1) is 12.1 Å². The van der Waals surface area contributed by atoms with Crippen LogP contribution in [0.2, 0.25) is 0 Å². The van der Waals surface area contributed by atoms with E-state index in [0.717, 1.165) is 5.56 Å². The number of carboxylic acid groups (broad SMARTS) is 1. The number of rotatable bonds is 4. The molecular weight excluding hydrogens is 264 g/mol. The lowest BCUT2D eigenvalue weighted by molar-refractivity contribution is 0.0691. The van der Waals surface area contributed by atoms with Crippen molar-refractivity contribution in [3.05, 3.63) is 39.5 Å². The van der Waals surface area contributed by atoms with Crippen LogP contribution in [-0.4, -0.2) is 21.0 Å². The molecule has 2 rings (SSSR count). The van der Waals surface area contributed by atoms with Gasteiger partial charge in [0.2, 0.25) is 0 Å². The standard InChI is InChI=1S/C12H10N4O2S/c1-7-2-3-14-11(8(7)4-13)15-5-10-16-9(6-19-10)12(17)18/h2-3,6H,5H2,1H3,(H,14,15)(H,17,18). The highest BCUT2D eigenvalue weighted by Gasteiger charge is 2.10. The summed E-state index contributed by atoms with van der Waals surface area (Å²) in [6.45, 7) is 2.17. The second-order valence-electron chi connectivity index (χ2n) is 3.75. The summed E-state index contributed by atoms with van der Waals surface area (Å²) in [5.41, 5.74) is 1.35. The number of hydrogen-bond acceptors (Lipinski definition) is 6. The summed E-state index contributed by atoms with van der Waals surface area (Å²) in [7, 11) is 0. The maximum absolute atomic E-state index is 10.7. The molecule has 19 heavy (non-hydrogen) atoms. The van der Waals surface area contributed by atoms with Crippen LogP contribution in [0.3, 0.4) is 0 Å². The van der Waals surface area contributed by atoms with Crippen molar-refractivity contribution >= 4 is 23.1 Å². The Labute approximate surface area is 113 Å². The first-order valence-corrected chi connectivity index (χ1v) is 6.27. The molecule has 2 N–H and O–H groups in total. The maximum Gasteiger partial charge on any atom is 0.355 e. The van der Waals surface area contributed by atoms with E-state index in [-0.39, 0.29) is 5.69 Å². The summed E-state index contributed by atoms with van der Waals surface area (Å²) in [5, 5.41) is 22.9. The van der Waals surface area contributed by atoms with Crippen LogP contribution in [-0.2, 0) is 6.54 Å². The summed E-state index contributed by atoms with van der Waals surface area (Å²) < 4.78 is 0. The molecule has 0 aromatic carbocycles. The molecule has 0 saturated heterocycles. The molecule has 0 radical (unpaired) electrons. The lowest BCUT2D eigenvalue weighted by Gasteiger charge is -2.06. The predicted molar refractivity (Wildman–Crippen MR) is 70.1 cm³/mol. The van der Waals surface area contributed by atoms with Crippen LogP contribution >= 0.6 is 11.3 Å². The highest BCUT2D eigenvalue weighted by atomic mass is 32.1. The molecule has 0 atom stereocenters. The van der Waals surface area contributed by atoms with Crippen molar-refractivity contribution in [2.75, 3.05) is 5.32 Å². The van der Waals surface area contributed by atoms with Crippen LogP contribution < -0.4 is 5.32 Å². The van der Waals surface area contributed by atoms with Gasteiger partial charge in [-0.2, -0.15) is 5.26 Å². The number of nitrogens with one attached hydrogen (secondary N) is 1. The predicted octanol–water partition coefficient (Wildman–Crippen LogP) is 2.03. The third-order valence-corrected chi connectivity index (χ3v) is 3.30. The Hall–Kier alpha value is -2.46. The first kappa shape index (κ1) is 13.0. The minimum Gasteiger partial charge on any atom is -0.476 e. The van der Waals surface area contributed by atoms with E-state index in [4.69, 9.17) is 10.4 Å². The van der Waals surface area contributed by atoms with Gasteiger partial charge in [-0.05, 0) is 18.6 Å². The number of carboxylic acids is 1. The molecule has 0 fully saturated rings. The molecule has 2 heterocycles. The van der Waals surface area contributed by atoms with Crippen LogP contribution in [0.25, 0.3) is 0 Å². The number of thiazole rings is 1. The van der Waals surface area contributed by atoms with E-state index in [0.29, 0.717) is 22.9 Å². The number of nitriles is 1. The summed E-state index contributed by atoms with van der Waals surface area (Å²) in [4.78, 5) is 18.7. The third kappa shape index (κ3) is 2.86. The molecule has 6 nitrogen and oxygen atoms in total. The number of aromatic carboxylic acids is 1. The fourth-order valence-electron chi connectivity index (χ4n) is 1.48. The monoisotopic (exact) mass is 274 g/mol. The average Bonchev–Trinajstić information content (AvgIpc) is 2.85. The molecule has 0 aliphatic rings. The summed E-state index contributed by atoms with van der Waals surface area (Å²) in [6.07, 6.45) is 1.61. The van der Waals surface area contributed by atoms with Crippen LogP contribution in [0, 0.1) is 18.3 Å². The molecule has 0 amide bonds. The fourth-order valence-corrected chi connectivity index (χ4v) is 2.19. The normalized spacial score (nSPS) is 9.89. The molecule has 96 valence electrons. The van der Waals surface area contributed by atoms with Crippen molar-refractivity contribution in [2.45, 2.75) is 13.5 Å². The first-order valence-electron chi connectivity index (χ1n) is 5.39. The second-order valence-corrected chi connectivity index (χ2v) is 4.69. The summed E-state index contributed by atoms with van der Waals surface area (Å²) >= 11 is 1.25. The molecule has 0 saturated carbocycles. The van der Waals surface area contributed by atoms with Gasteiger partial charge >= 0.3 is 5.97 Å². The first-order chi connectivity index (χ1) is 9.11. The van der Waals surface area contributed by atoms with Crippen LogP contribution in [0.1, 0.15) is 26.6 Å². The summed E-state index contributed by atoms with van der Waals surface area (Å²) in [5.74, 6) is -0.566. The Morgan fingerprint density at radius 3 is 3.05 bits per heavy atom. The van der Waals surface area contributed by atoms with E-state index in [1.165, 1.54) is 16.7 Å². The van der Waals surface area contributed by atoms with E-state index in [9.17, 15) is 4.79 Å². The number of aryl methyl sites for hydroxylation is 1. The maximum atomic E-state index is 10.7. The number of anilines is 1. The largest absolute Gasteiger partial charge is 0.476 e. The van der Waals surface area contributed by atoms with Crippen LogP contribution in [0.4, 0.5) is 5.82 Å². The van der Waals surface area contributed by atoms with Gasteiger partial charge < -0.3 is 10.4 Å². The van der Waals surface area contributed by atoms with E-state index in [1.807, 2.05) is 6.92 Å². The van der Waals surface area contributed by atoms with Gasteiger partial charge in [-0.15, -0.1) is 11.3 Å². The van der Waals surface area contributed by atoms with E-state index < -0.39 is 5.97 Å². The highest BCUT2D eigenvalue weighted by molar-refractivity contribution is 7.09. The Kier molecular flexibility index (Phi) is 3.73. The van der Waals surface area contributed by atoms with Gasteiger partial charge in [-0.25, -0.2) is 14.8 Å². The van der Waals surface area contributed by atoms with Crippen molar-refractivity contribution in [1.82, 2.24) is 9.97 Å². The molecule has 0 bridgehead atoms. The van der Waals surface area contributed by atoms with E-state index >= 15 is 0 Å². The van der Waals surface area contributed by atoms with Crippen LogP contribution in [0.5, 0.6) is 0 Å². The van der Waals surface area contributed by atoms with Crippen molar-refractivity contribution in [3.8, 4) is 6.07 Å². The van der Waals surface area contributed by atoms with Gasteiger partial charge in [0.1, 0.15) is 16.9 Å². The lowest BCUT2D eigenvalue weighted by atomic mass is 10.1. The van der Waals surface area contributed by atoms with Gasteiger partial charge in [-0.1, -0.05) is 0 Å². The van der Waals surface area contributed by atoms with Crippen molar-refractivity contribution in [1.29, 1.82) is 5.26 Å². The third-order valence-electron chi connectivity index (χ3n) is 2.45. The topological polar surface area (TPSA) is 98.9 Å². The second kappa shape index (κ2) is 5.46. The number of pyridine rings is 1. The summed E-state index contributed by atoms with van der Waals surface area (Å²) in [6, 6.07) is 3.85. The SMILES string of the molecule is Cc1ccnc(NCc2nc(C(=O)O)cs2)c1C#N. The molecule has 0 spiro atoms. The minimum atomic E-state index is -1.05. The highest BCUT2D eigenvalue weighted by Crippen LogP contribution is 2.17. The number of nitrogens with zero attached hydrogens (tertiary/aromatic N) is 3. The quantitative estimate of drug-likeness (QED) is 0.885. The van der Waals surface area contributed by atoms with E-state index in [1.54, 1.807) is 12.3 Å². The lowest BCUT2D eigenvalue weighted by Crippen LogP contribution is -2.05. The Bertz CT molecular complexity index is 660. The van der Waals surface area contributed by atoms with Gasteiger partial charge in [-0.3, -0.25) is 0 Å². The zero-order chi connectivity index (χ0) is 13.8. The van der Waals surface area contributed by atoms with Crippen LogP contribution in [0.15, 0.2) is 17.6 Å². The van der Waals surface area contributed by atoms with Crippen molar-refractivity contribution in [2.24, 2.45) is 0 Å². The molecular formula is C12H10N4O2S. The zero-order valence-electron chi connectivity index (χ0n) is 10.0. The van der Waals surface area contributed by atoms with Gasteiger partial charge in [0.15, 0.2) is 5.69 Å². The molecule has 0 aliphatic heterocycles. The van der Waals surface area contributed by atoms with E-state index in [2.05, 4.69) is 21.4 Å². The Morgan fingerprint density at radius 2 is 2.42 bits per heavy atom. The van der Waals surface area contributed by atoms with Gasteiger partial charge in [0.25, 0.3) is 0 Å². The minimum absolute atomic E-state index is 0.0273. The Morgan fingerprint density at radius 1 is 1.63 bits per heavy atom. The zero-order valence-corrected chi connectivity index (χ0v) is 10.9. The number of carbonyl (C=O) groups is 1. The fraction of sp³-hybridized carbons (Fsp3) is 0.167. The average molecular weight is 274 g/mol.